The van der Waals surface area contributed by atoms with Crippen LogP contribution in [0, 0.1) is 0 Å². The quantitative estimate of drug-likeness (QED) is 0.824. The van der Waals surface area contributed by atoms with Gasteiger partial charge in [-0.05, 0) is 47.9 Å². The van der Waals surface area contributed by atoms with Crippen molar-refractivity contribution in [2.24, 2.45) is 0 Å². The minimum atomic E-state index is 0.458. The SMILES string of the molecule is CC(C)c1cnnc(CCC(C)c2ccnnc2)c1. The molecule has 0 aliphatic carbocycles. The van der Waals surface area contributed by atoms with Crippen LogP contribution in [0.5, 0.6) is 0 Å². The Kier molecular flexibility index (Phi) is 4.55. The molecule has 2 aromatic rings. The lowest BCUT2D eigenvalue weighted by molar-refractivity contribution is 0.656. The molecule has 2 aromatic heterocycles. The van der Waals surface area contributed by atoms with E-state index in [1.165, 1.54) is 11.1 Å². The van der Waals surface area contributed by atoms with Crippen LogP contribution < -0.4 is 0 Å². The zero-order valence-electron chi connectivity index (χ0n) is 11.7. The maximum absolute atomic E-state index is 4.21. The van der Waals surface area contributed by atoms with E-state index in [-0.39, 0.29) is 0 Å². The van der Waals surface area contributed by atoms with Gasteiger partial charge in [-0.25, -0.2) is 0 Å². The molecule has 0 amide bonds. The van der Waals surface area contributed by atoms with Crippen molar-refractivity contribution in [2.75, 3.05) is 0 Å². The molecule has 2 rings (SSSR count). The highest BCUT2D eigenvalue weighted by atomic mass is 15.1. The van der Waals surface area contributed by atoms with Gasteiger partial charge >= 0.3 is 0 Å². The van der Waals surface area contributed by atoms with Crippen LogP contribution >= 0.6 is 0 Å². The van der Waals surface area contributed by atoms with Crippen molar-refractivity contribution in [1.82, 2.24) is 20.4 Å². The van der Waals surface area contributed by atoms with Gasteiger partial charge in [0.1, 0.15) is 0 Å². The summed E-state index contributed by atoms with van der Waals surface area (Å²) in [6, 6.07) is 4.18. The predicted molar refractivity (Wildman–Crippen MR) is 74.9 cm³/mol. The summed E-state index contributed by atoms with van der Waals surface area (Å²) in [5.41, 5.74) is 3.55. The number of rotatable bonds is 5. The van der Waals surface area contributed by atoms with E-state index in [2.05, 4.69) is 47.2 Å². The van der Waals surface area contributed by atoms with E-state index < -0.39 is 0 Å². The van der Waals surface area contributed by atoms with Crippen LogP contribution in [0.1, 0.15) is 55.8 Å². The molecule has 4 heteroatoms. The zero-order valence-corrected chi connectivity index (χ0v) is 11.7. The number of aryl methyl sites for hydroxylation is 1. The molecule has 4 nitrogen and oxygen atoms in total. The molecule has 0 spiro atoms. The van der Waals surface area contributed by atoms with Crippen molar-refractivity contribution < 1.29 is 0 Å². The van der Waals surface area contributed by atoms with Gasteiger partial charge in [0.15, 0.2) is 0 Å². The fourth-order valence-corrected chi connectivity index (χ4v) is 1.99. The van der Waals surface area contributed by atoms with Crippen molar-refractivity contribution in [3.05, 3.63) is 47.5 Å². The van der Waals surface area contributed by atoms with Crippen LogP contribution in [0.2, 0.25) is 0 Å². The molecule has 1 unspecified atom stereocenters. The first-order valence-electron chi connectivity index (χ1n) is 6.75. The minimum absolute atomic E-state index is 0.458. The summed E-state index contributed by atoms with van der Waals surface area (Å²) in [5.74, 6) is 0.955. The van der Waals surface area contributed by atoms with Crippen LogP contribution in [0.3, 0.4) is 0 Å². The van der Waals surface area contributed by atoms with Crippen LogP contribution in [0.25, 0.3) is 0 Å². The average Bonchev–Trinajstić information content (AvgIpc) is 2.46. The van der Waals surface area contributed by atoms with Crippen LogP contribution in [0.4, 0.5) is 0 Å². The van der Waals surface area contributed by atoms with Gasteiger partial charge in [0, 0.05) is 6.20 Å². The molecule has 0 N–H and O–H groups in total. The molecule has 0 aromatic carbocycles. The zero-order chi connectivity index (χ0) is 13.7. The highest BCUT2D eigenvalue weighted by Crippen LogP contribution is 2.20. The molecule has 19 heavy (non-hydrogen) atoms. The van der Waals surface area contributed by atoms with Crippen molar-refractivity contribution in [3.8, 4) is 0 Å². The van der Waals surface area contributed by atoms with Crippen molar-refractivity contribution in [2.45, 2.75) is 45.4 Å². The van der Waals surface area contributed by atoms with Gasteiger partial charge in [0.25, 0.3) is 0 Å². The summed E-state index contributed by atoms with van der Waals surface area (Å²) in [6.45, 7) is 6.55. The molecule has 0 aliphatic rings. The summed E-state index contributed by atoms with van der Waals surface area (Å²) in [4.78, 5) is 0. The smallest absolute Gasteiger partial charge is 0.0634 e. The van der Waals surface area contributed by atoms with Gasteiger partial charge < -0.3 is 0 Å². The van der Waals surface area contributed by atoms with Crippen LogP contribution in [-0.2, 0) is 6.42 Å². The monoisotopic (exact) mass is 256 g/mol. The molecule has 0 bridgehead atoms. The second-order valence-corrected chi connectivity index (χ2v) is 5.25. The number of hydrogen-bond donors (Lipinski definition) is 0. The van der Waals surface area contributed by atoms with E-state index in [9.17, 15) is 0 Å². The highest BCUT2D eigenvalue weighted by molar-refractivity contribution is 5.17. The van der Waals surface area contributed by atoms with E-state index in [4.69, 9.17) is 0 Å². The summed E-state index contributed by atoms with van der Waals surface area (Å²) in [6.07, 6.45) is 7.41. The molecule has 0 aliphatic heterocycles. The minimum Gasteiger partial charge on any atom is -0.159 e. The van der Waals surface area contributed by atoms with E-state index in [1.54, 1.807) is 6.20 Å². The normalized spacial score (nSPS) is 12.6. The summed E-state index contributed by atoms with van der Waals surface area (Å²) in [5, 5.41) is 16.0. The predicted octanol–water partition coefficient (Wildman–Crippen LogP) is 3.13. The Balaban J connectivity index is 1.97. The van der Waals surface area contributed by atoms with Gasteiger partial charge in [0.2, 0.25) is 0 Å². The maximum Gasteiger partial charge on any atom is 0.0634 e. The lowest BCUT2D eigenvalue weighted by Crippen LogP contribution is -2.01. The molecule has 0 fully saturated rings. The number of nitrogens with zero attached hydrogens (tertiary/aromatic N) is 4. The standard InChI is InChI=1S/C15H20N4/c1-11(2)14-8-15(19-18-10-14)5-4-12(3)13-6-7-16-17-9-13/h6-12H,4-5H2,1-3H3. The Hall–Kier alpha value is -1.84. The molecular formula is C15H20N4. The van der Waals surface area contributed by atoms with Gasteiger partial charge in [0.05, 0.1) is 18.1 Å². The van der Waals surface area contributed by atoms with E-state index >= 15 is 0 Å². The lowest BCUT2D eigenvalue weighted by Gasteiger charge is -2.11. The molecule has 2 heterocycles. The highest BCUT2D eigenvalue weighted by Gasteiger charge is 2.08. The molecule has 100 valence electrons. The summed E-state index contributed by atoms with van der Waals surface area (Å²) in [7, 11) is 0. The molecule has 0 saturated heterocycles. The van der Waals surface area contributed by atoms with Gasteiger partial charge in [-0.3, -0.25) is 0 Å². The molecule has 1 atom stereocenters. The Morgan fingerprint density at radius 2 is 1.79 bits per heavy atom. The van der Waals surface area contributed by atoms with E-state index in [0.717, 1.165) is 18.5 Å². The summed E-state index contributed by atoms with van der Waals surface area (Å²) >= 11 is 0. The molecule has 0 saturated carbocycles. The third kappa shape index (κ3) is 3.81. The first-order valence-corrected chi connectivity index (χ1v) is 6.75. The van der Waals surface area contributed by atoms with Gasteiger partial charge in [-0.1, -0.05) is 20.8 Å². The van der Waals surface area contributed by atoms with Crippen molar-refractivity contribution in [1.29, 1.82) is 0 Å². The Bertz CT molecular complexity index is 511. The van der Waals surface area contributed by atoms with Gasteiger partial charge in [-0.15, -0.1) is 0 Å². The lowest BCUT2D eigenvalue weighted by atomic mass is 9.96. The number of hydrogen-bond acceptors (Lipinski definition) is 4. The van der Waals surface area contributed by atoms with Gasteiger partial charge in [-0.2, -0.15) is 20.4 Å². The average molecular weight is 256 g/mol. The van der Waals surface area contributed by atoms with Crippen molar-refractivity contribution >= 4 is 0 Å². The second kappa shape index (κ2) is 6.36. The largest absolute Gasteiger partial charge is 0.159 e. The van der Waals surface area contributed by atoms with Crippen LogP contribution in [0.15, 0.2) is 30.7 Å². The first kappa shape index (κ1) is 13.6. The van der Waals surface area contributed by atoms with E-state index in [1.807, 2.05) is 18.5 Å². The Labute approximate surface area is 114 Å². The third-order valence-electron chi connectivity index (χ3n) is 3.40. The Morgan fingerprint density at radius 1 is 1.00 bits per heavy atom. The number of aromatic nitrogens is 4. The Morgan fingerprint density at radius 3 is 2.47 bits per heavy atom. The molecular weight excluding hydrogens is 236 g/mol. The maximum atomic E-state index is 4.21. The van der Waals surface area contributed by atoms with E-state index in [0.29, 0.717) is 11.8 Å². The topological polar surface area (TPSA) is 51.6 Å². The molecule has 0 radical (unpaired) electrons. The van der Waals surface area contributed by atoms with Crippen molar-refractivity contribution in [3.63, 3.8) is 0 Å². The fourth-order valence-electron chi connectivity index (χ4n) is 1.99. The van der Waals surface area contributed by atoms with Crippen LogP contribution in [-0.4, -0.2) is 20.4 Å². The first-order chi connectivity index (χ1) is 9.16. The fraction of sp³-hybridized carbons (Fsp3) is 0.467. The third-order valence-corrected chi connectivity index (χ3v) is 3.40. The summed E-state index contributed by atoms with van der Waals surface area (Å²) < 4.78 is 0. The second-order valence-electron chi connectivity index (χ2n) is 5.25.